The zero-order chi connectivity index (χ0) is 12.6. The van der Waals surface area contributed by atoms with Gasteiger partial charge in [0.2, 0.25) is 0 Å². The molecule has 1 saturated carbocycles. The lowest BCUT2D eigenvalue weighted by Crippen LogP contribution is -2.38. The Balaban J connectivity index is 2.04. The monoisotopic (exact) mass is 280 g/mol. The number of aromatic nitrogens is 2. The summed E-state index contributed by atoms with van der Waals surface area (Å²) in [6.07, 6.45) is 6.19. The van der Waals surface area contributed by atoms with Gasteiger partial charge in [-0.1, -0.05) is 18.6 Å². The van der Waals surface area contributed by atoms with Crippen molar-refractivity contribution in [2.45, 2.75) is 36.4 Å². The number of imidazole rings is 1. The molecule has 1 fully saturated rings. The Kier molecular flexibility index (Phi) is 3.29. The van der Waals surface area contributed by atoms with Gasteiger partial charge < -0.3 is 4.57 Å². The summed E-state index contributed by atoms with van der Waals surface area (Å²) in [6.45, 7) is 1.04. The first-order valence-electron chi connectivity index (χ1n) is 6.33. The highest BCUT2D eigenvalue weighted by Gasteiger charge is 2.37. The molecule has 2 aromatic rings. The van der Waals surface area contributed by atoms with Crippen LogP contribution in [0.25, 0.3) is 11.0 Å². The van der Waals surface area contributed by atoms with Crippen molar-refractivity contribution in [3.8, 4) is 0 Å². The number of fused-ring (bicyclic) bond motifs is 1. The number of halogens is 1. The maximum Gasteiger partial charge on any atom is 0.124 e. The van der Waals surface area contributed by atoms with Crippen molar-refractivity contribution in [1.29, 1.82) is 0 Å². The Morgan fingerprint density at radius 2 is 2.17 bits per heavy atom. The van der Waals surface area contributed by atoms with Crippen LogP contribution in [0.5, 0.6) is 0 Å². The molecule has 0 amide bonds. The normalized spacial score (nSPS) is 17.9. The molecule has 0 radical (unpaired) electrons. The van der Waals surface area contributed by atoms with E-state index >= 15 is 0 Å². The summed E-state index contributed by atoms with van der Waals surface area (Å²) in [5, 5.41) is 0. The van der Waals surface area contributed by atoms with E-state index in [0.29, 0.717) is 10.6 Å². The van der Waals surface area contributed by atoms with Crippen LogP contribution in [-0.4, -0.2) is 20.6 Å². The van der Waals surface area contributed by atoms with Gasteiger partial charge in [0.15, 0.2) is 0 Å². The molecule has 0 spiro atoms. The van der Waals surface area contributed by atoms with Crippen molar-refractivity contribution in [2.24, 2.45) is 0 Å². The van der Waals surface area contributed by atoms with Crippen LogP contribution in [-0.2, 0) is 12.4 Å². The van der Waals surface area contributed by atoms with Crippen LogP contribution in [0.1, 0.15) is 25.1 Å². The molecule has 1 heterocycles. The second kappa shape index (κ2) is 4.78. The van der Waals surface area contributed by atoms with E-state index in [-0.39, 0.29) is 0 Å². The number of benzene rings is 1. The van der Waals surface area contributed by atoms with Crippen LogP contribution in [0, 0.1) is 0 Å². The zero-order valence-corrected chi connectivity index (χ0v) is 12.1. The van der Waals surface area contributed by atoms with E-state index in [0.717, 1.165) is 17.9 Å². The fraction of sp³-hybridized carbons (Fsp3) is 0.500. The molecule has 18 heavy (non-hydrogen) atoms. The van der Waals surface area contributed by atoms with Gasteiger partial charge >= 0.3 is 0 Å². The van der Waals surface area contributed by atoms with Crippen LogP contribution >= 0.6 is 23.4 Å². The third kappa shape index (κ3) is 1.94. The number of hydrogen-bond acceptors (Lipinski definition) is 2. The molecule has 96 valence electrons. The van der Waals surface area contributed by atoms with Gasteiger partial charge in [0.1, 0.15) is 5.82 Å². The van der Waals surface area contributed by atoms with Gasteiger partial charge in [-0.15, -0.1) is 11.6 Å². The van der Waals surface area contributed by atoms with Gasteiger partial charge in [0.25, 0.3) is 0 Å². The number of nitrogens with zero attached hydrogens (tertiary/aromatic N) is 2. The predicted molar refractivity (Wildman–Crippen MR) is 79.4 cm³/mol. The predicted octanol–water partition coefficient (Wildman–Crippen LogP) is 4.06. The second-order valence-electron chi connectivity index (χ2n) is 4.98. The average molecular weight is 281 g/mol. The van der Waals surface area contributed by atoms with Crippen LogP contribution in [0.2, 0.25) is 0 Å². The topological polar surface area (TPSA) is 17.8 Å². The molecule has 4 heteroatoms. The van der Waals surface area contributed by atoms with Gasteiger partial charge in [-0.3, -0.25) is 0 Å². The van der Waals surface area contributed by atoms with Crippen molar-refractivity contribution in [2.75, 3.05) is 6.26 Å². The number of rotatable bonds is 4. The Morgan fingerprint density at radius 3 is 2.78 bits per heavy atom. The van der Waals surface area contributed by atoms with E-state index in [1.54, 1.807) is 0 Å². The van der Waals surface area contributed by atoms with E-state index in [4.69, 9.17) is 11.6 Å². The molecule has 1 aliphatic rings. The fourth-order valence-electron chi connectivity index (χ4n) is 2.69. The first-order valence-corrected chi connectivity index (χ1v) is 8.09. The first-order chi connectivity index (χ1) is 8.78. The Morgan fingerprint density at radius 1 is 1.39 bits per heavy atom. The Hall–Kier alpha value is -0.670. The lowest BCUT2D eigenvalue weighted by atomic mass is 9.84. The van der Waals surface area contributed by atoms with Crippen molar-refractivity contribution in [3.05, 3.63) is 30.1 Å². The largest absolute Gasteiger partial charge is 0.326 e. The molecule has 1 aromatic carbocycles. The van der Waals surface area contributed by atoms with Crippen molar-refractivity contribution in [3.63, 3.8) is 0 Å². The highest BCUT2D eigenvalue weighted by Crippen LogP contribution is 2.44. The smallest absolute Gasteiger partial charge is 0.124 e. The third-order valence-corrected chi connectivity index (χ3v) is 5.64. The minimum absolute atomic E-state index is 0.407. The summed E-state index contributed by atoms with van der Waals surface area (Å²) in [5.41, 5.74) is 2.28. The molecular formula is C14H17ClN2S. The number of thioether (sulfide) groups is 1. The van der Waals surface area contributed by atoms with Crippen LogP contribution in [0.4, 0.5) is 0 Å². The summed E-state index contributed by atoms with van der Waals surface area (Å²) < 4.78 is 2.72. The molecule has 2 nitrogen and oxygen atoms in total. The fourth-order valence-corrected chi connectivity index (χ4v) is 3.85. The number of para-hydroxylation sites is 2. The van der Waals surface area contributed by atoms with E-state index in [1.807, 2.05) is 17.8 Å². The molecule has 1 aromatic heterocycles. The first kappa shape index (κ1) is 12.4. The van der Waals surface area contributed by atoms with Gasteiger partial charge in [-0.2, -0.15) is 11.8 Å². The van der Waals surface area contributed by atoms with Crippen LogP contribution in [0.3, 0.4) is 0 Å². The second-order valence-corrected chi connectivity index (χ2v) is 6.52. The quantitative estimate of drug-likeness (QED) is 0.786. The zero-order valence-electron chi connectivity index (χ0n) is 10.5. The molecule has 0 saturated heterocycles. The van der Waals surface area contributed by atoms with E-state index in [2.05, 4.69) is 34.0 Å². The van der Waals surface area contributed by atoms with Crippen molar-refractivity contribution in [1.82, 2.24) is 9.55 Å². The molecule has 1 aliphatic carbocycles. The minimum atomic E-state index is 0.407. The molecule has 0 atom stereocenters. The SMILES string of the molecule is CSC1(Cn2c(CCl)nc3ccccc32)CCC1. The standard InChI is InChI=1S/C14H17ClN2S/c1-18-14(7-4-8-14)10-17-12-6-3-2-5-11(12)16-13(17)9-15/h2-3,5-6H,4,7-10H2,1H3. The van der Waals surface area contributed by atoms with Crippen molar-refractivity contribution >= 4 is 34.4 Å². The van der Waals surface area contributed by atoms with E-state index in [9.17, 15) is 0 Å². The van der Waals surface area contributed by atoms with Gasteiger partial charge in [0.05, 0.1) is 16.9 Å². The molecule has 0 N–H and O–H groups in total. The number of hydrogen-bond donors (Lipinski definition) is 0. The minimum Gasteiger partial charge on any atom is -0.326 e. The molecule has 0 unspecified atom stereocenters. The highest BCUT2D eigenvalue weighted by molar-refractivity contribution is 8.00. The molecule has 3 rings (SSSR count). The lowest BCUT2D eigenvalue weighted by molar-refractivity contribution is 0.322. The molecule has 0 aliphatic heterocycles. The van der Waals surface area contributed by atoms with Crippen molar-refractivity contribution < 1.29 is 0 Å². The summed E-state index contributed by atoms with van der Waals surface area (Å²) >= 11 is 8.04. The third-order valence-electron chi connectivity index (χ3n) is 4.00. The number of alkyl halides is 1. The van der Waals surface area contributed by atoms with Gasteiger partial charge in [-0.25, -0.2) is 4.98 Å². The van der Waals surface area contributed by atoms with Crippen LogP contribution < -0.4 is 0 Å². The summed E-state index contributed by atoms with van der Waals surface area (Å²) in [7, 11) is 0. The van der Waals surface area contributed by atoms with Gasteiger partial charge in [-0.05, 0) is 31.2 Å². The molecular weight excluding hydrogens is 264 g/mol. The Bertz CT molecular complexity index is 554. The maximum absolute atomic E-state index is 6.05. The Labute approximate surface area is 117 Å². The maximum atomic E-state index is 6.05. The van der Waals surface area contributed by atoms with Gasteiger partial charge in [0, 0.05) is 11.3 Å². The summed E-state index contributed by atoms with van der Waals surface area (Å²) in [5.74, 6) is 1.48. The highest BCUT2D eigenvalue weighted by atomic mass is 35.5. The van der Waals surface area contributed by atoms with E-state index in [1.165, 1.54) is 24.8 Å². The van der Waals surface area contributed by atoms with E-state index < -0.39 is 0 Å². The summed E-state index contributed by atoms with van der Waals surface area (Å²) in [6, 6.07) is 8.32. The summed E-state index contributed by atoms with van der Waals surface area (Å²) in [4.78, 5) is 4.63. The average Bonchev–Trinajstić information content (AvgIpc) is 2.71. The lowest BCUT2D eigenvalue weighted by Gasteiger charge is -2.41. The van der Waals surface area contributed by atoms with Crippen LogP contribution in [0.15, 0.2) is 24.3 Å². The molecule has 0 bridgehead atoms.